The van der Waals surface area contributed by atoms with Gasteiger partial charge in [0.2, 0.25) is 0 Å². The van der Waals surface area contributed by atoms with Crippen molar-refractivity contribution in [3.05, 3.63) is 65.1 Å². The van der Waals surface area contributed by atoms with Crippen molar-refractivity contribution in [3.8, 4) is 0 Å². The Kier molecular flexibility index (Phi) is 2.63. The van der Waals surface area contributed by atoms with Gasteiger partial charge in [0.05, 0.1) is 0 Å². The molecule has 0 amide bonds. The normalized spacial score (nSPS) is 31.1. The van der Waals surface area contributed by atoms with Gasteiger partial charge in [0, 0.05) is 5.92 Å². The molecular weight excluding hydrogens is 244 g/mol. The van der Waals surface area contributed by atoms with E-state index in [-0.39, 0.29) is 0 Å². The Morgan fingerprint density at radius 1 is 1.10 bits per heavy atom. The van der Waals surface area contributed by atoms with Crippen molar-refractivity contribution < 1.29 is 4.42 Å². The average molecular weight is 264 g/mol. The van der Waals surface area contributed by atoms with Crippen molar-refractivity contribution in [1.29, 1.82) is 0 Å². The molecule has 1 nitrogen and oxygen atoms in total. The summed E-state index contributed by atoms with van der Waals surface area (Å²) in [5.74, 6) is 4.97. The Labute approximate surface area is 120 Å². The number of hydrogen-bond acceptors (Lipinski definition) is 1. The molecule has 0 radical (unpaired) electrons. The van der Waals surface area contributed by atoms with Gasteiger partial charge in [-0.1, -0.05) is 43.3 Å². The fourth-order valence-electron chi connectivity index (χ4n) is 3.93. The van der Waals surface area contributed by atoms with E-state index in [1.54, 1.807) is 0 Å². The summed E-state index contributed by atoms with van der Waals surface area (Å²) < 4.78 is 5.84. The molecule has 4 rings (SSSR count). The van der Waals surface area contributed by atoms with Crippen molar-refractivity contribution in [2.24, 2.45) is 17.8 Å². The van der Waals surface area contributed by atoms with Crippen LogP contribution in [0.3, 0.4) is 0 Å². The van der Waals surface area contributed by atoms with Crippen LogP contribution in [0, 0.1) is 24.7 Å². The summed E-state index contributed by atoms with van der Waals surface area (Å²) in [5, 5.41) is 0. The predicted octanol–water partition coefficient (Wildman–Crippen LogP) is 4.82. The van der Waals surface area contributed by atoms with Crippen molar-refractivity contribution >= 4 is 6.08 Å². The highest BCUT2D eigenvalue weighted by atomic mass is 16.3. The largest absolute Gasteiger partial charge is 0.466 e. The van der Waals surface area contributed by atoms with Crippen LogP contribution in [0.2, 0.25) is 0 Å². The zero-order valence-corrected chi connectivity index (χ0v) is 12.0. The van der Waals surface area contributed by atoms with E-state index in [1.807, 2.05) is 6.92 Å². The first kappa shape index (κ1) is 12.0. The summed E-state index contributed by atoms with van der Waals surface area (Å²) in [5.41, 5.74) is 2.89. The van der Waals surface area contributed by atoms with Gasteiger partial charge in [-0.05, 0) is 54.4 Å². The Hall–Kier alpha value is -1.76. The van der Waals surface area contributed by atoms with E-state index in [9.17, 15) is 0 Å². The Bertz CT molecular complexity index is 664. The minimum absolute atomic E-state index is 0.614. The monoisotopic (exact) mass is 264 g/mol. The second-order valence-electron chi connectivity index (χ2n) is 6.34. The van der Waals surface area contributed by atoms with Gasteiger partial charge < -0.3 is 4.42 Å². The first-order chi connectivity index (χ1) is 9.74. The molecule has 1 aromatic carbocycles. The van der Waals surface area contributed by atoms with Gasteiger partial charge in [0.1, 0.15) is 11.5 Å². The molecule has 0 N–H and O–H groups in total. The summed E-state index contributed by atoms with van der Waals surface area (Å²) >= 11 is 0. The van der Waals surface area contributed by atoms with E-state index in [0.717, 1.165) is 17.6 Å². The summed E-state index contributed by atoms with van der Waals surface area (Å²) in [6, 6.07) is 13.0. The van der Waals surface area contributed by atoms with Gasteiger partial charge >= 0.3 is 0 Å². The fourth-order valence-corrected chi connectivity index (χ4v) is 3.93. The first-order valence-corrected chi connectivity index (χ1v) is 7.56. The average Bonchev–Trinajstić information content (AvgIpc) is 2.94. The number of rotatable bonds is 2. The molecule has 0 bridgehead atoms. The highest BCUT2D eigenvalue weighted by Gasteiger charge is 2.52. The van der Waals surface area contributed by atoms with E-state index in [1.165, 1.54) is 23.3 Å². The maximum atomic E-state index is 5.84. The predicted molar refractivity (Wildman–Crippen MR) is 81.5 cm³/mol. The summed E-state index contributed by atoms with van der Waals surface area (Å²) in [4.78, 5) is 0. The lowest BCUT2D eigenvalue weighted by atomic mass is 9.85. The zero-order chi connectivity index (χ0) is 13.7. The van der Waals surface area contributed by atoms with Crippen molar-refractivity contribution in [1.82, 2.24) is 0 Å². The van der Waals surface area contributed by atoms with Gasteiger partial charge in [-0.15, -0.1) is 0 Å². The lowest BCUT2D eigenvalue weighted by Crippen LogP contribution is -2.10. The Morgan fingerprint density at radius 2 is 1.95 bits per heavy atom. The smallest absolute Gasteiger partial charge is 0.107 e. The lowest BCUT2D eigenvalue weighted by molar-refractivity contribution is 0.460. The lowest BCUT2D eigenvalue weighted by Gasteiger charge is -2.19. The highest BCUT2D eigenvalue weighted by Crippen LogP contribution is 2.59. The molecule has 102 valence electrons. The van der Waals surface area contributed by atoms with Crippen LogP contribution in [-0.2, 0) is 6.42 Å². The van der Waals surface area contributed by atoms with Crippen LogP contribution in [0.15, 0.2) is 46.9 Å². The summed E-state index contributed by atoms with van der Waals surface area (Å²) in [6.45, 7) is 4.39. The molecule has 2 aromatic rings. The maximum absolute atomic E-state index is 5.84. The molecule has 1 heterocycles. The van der Waals surface area contributed by atoms with Crippen LogP contribution in [-0.4, -0.2) is 0 Å². The molecule has 0 aliphatic heterocycles. The molecule has 0 saturated heterocycles. The van der Waals surface area contributed by atoms with Crippen LogP contribution in [0.1, 0.15) is 35.5 Å². The Morgan fingerprint density at radius 3 is 2.75 bits per heavy atom. The first-order valence-electron chi connectivity index (χ1n) is 7.56. The van der Waals surface area contributed by atoms with E-state index in [4.69, 9.17) is 4.42 Å². The van der Waals surface area contributed by atoms with E-state index < -0.39 is 0 Å². The molecular formula is C19H20O. The molecule has 1 saturated carbocycles. The van der Waals surface area contributed by atoms with Crippen molar-refractivity contribution in [2.75, 3.05) is 0 Å². The molecule has 0 spiro atoms. The molecule has 1 heteroatoms. The van der Waals surface area contributed by atoms with Crippen LogP contribution >= 0.6 is 0 Å². The van der Waals surface area contributed by atoms with Crippen LogP contribution in [0.25, 0.3) is 6.08 Å². The number of benzene rings is 1. The van der Waals surface area contributed by atoms with E-state index in [0.29, 0.717) is 11.8 Å². The van der Waals surface area contributed by atoms with Crippen LogP contribution < -0.4 is 0 Å². The standard InChI is InChI=1S/C19H20O/c1-12-7-10-17(20-12)19-13(2)18(19)16-9-8-14-5-3-4-6-15(14)11-16/h3-10,13,16,18-19H,11H2,1-2H3. The van der Waals surface area contributed by atoms with Gasteiger partial charge in [0.25, 0.3) is 0 Å². The molecule has 20 heavy (non-hydrogen) atoms. The fraction of sp³-hybridized carbons (Fsp3) is 0.368. The summed E-state index contributed by atoms with van der Waals surface area (Å²) in [6.07, 6.45) is 5.90. The second kappa shape index (κ2) is 4.37. The van der Waals surface area contributed by atoms with Gasteiger partial charge in [-0.3, -0.25) is 0 Å². The molecule has 4 unspecified atom stereocenters. The maximum Gasteiger partial charge on any atom is 0.107 e. The molecule has 1 aromatic heterocycles. The number of hydrogen-bond donors (Lipinski definition) is 0. The number of aryl methyl sites for hydroxylation is 1. The topological polar surface area (TPSA) is 13.1 Å². The minimum Gasteiger partial charge on any atom is -0.466 e. The van der Waals surface area contributed by atoms with E-state index in [2.05, 4.69) is 55.5 Å². The minimum atomic E-state index is 0.614. The van der Waals surface area contributed by atoms with Crippen LogP contribution in [0.4, 0.5) is 0 Å². The third kappa shape index (κ3) is 1.84. The number of furan rings is 1. The van der Waals surface area contributed by atoms with Crippen LogP contribution in [0.5, 0.6) is 0 Å². The van der Waals surface area contributed by atoms with Crippen molar-refractivity contribution in [3.63, 3.8) is 0 Å². The molecule has 2 aliphatic carbocycles. The quantitative estimate of drug-likeness (QED) is 0.757. The molecule has 2 aliphatic rings. The third-order valence-electron chi connectivity index (χ3n) is 5.07. The van der Waals surface area contributed by atoms with Gasteiger partial charge in [-0.2, -0.15) is 0 Å². The second-order valence-corrected chi connectivity index (χ2v) is 6.34. The zero-order valence-electron chi connectivity index (χ0n) is 12.0. The molecule has 1 fully saturated rings. The van der Waals surface area contributed by atoms with Crippen molar-refractivity contribution in [2.45, 2.75) is 26.2 Å². The SMILES string of the molecule is Cc1ccc(C2C(C)C2C2C=Cc3ccccc3C2)o1. The summed E-state index contributed by atoms with van der Waals surface area (Å²) in [7, 11) is 0. The third-order valence-corrected chi connectivity index (χ3v) is 5.07. The number of allylic oxidation sites excluding steroid dienone is 1. The Balaban J connectivity index is 1.56. The molecule has 4 atom stereocenters. The van der Waals surface area contributed by atoms with Gasteiger partial charge in [0.15, 0.2) is 0 Å². The van der Waals surface area contributed by atoms with E-state index >= 15 is 0 Å². The number of fused-ring (bicyclic) bond motifs is 1. The van der Waals surface area contributed by atoms with Gasteiger partial charge in [-0.25, -0.2) is 0 Å². The highest BCUT2D eigenvalue weighted by molar-refractivity contribution is 5.57.